The number of H-pyrrole nitrogens is 1. The van der Waals surface area contributed by atoms with Crippen LogP contribution in [0.15, 0.2) is 59.1 Å². The molecule has 9 heteroatoms. The Kier molecular flexibility index (Phi) is 3.70. The fourth-order valence-electron chi connectivity index (χ4n) is 2.00. The summed E-state index contributed by atoms with van der Waals surface area (Å²) in [5.74, 6) is 0. The van der Waals surface area contributed by atoms with Gasteiger partial charge in [0.1, 0.15) is 5.69 Å². The molecule has 3 aromatic rings. The van der Waals surface area contributed by atoms with E-state index in [9.17, 15) is 13.2 Å². The molecule has 2 N–H and O–H groups in total. The van der Waals surface area contributed by atoms with Crippen LogP contribution in [-0.2, 0) is 17.1 Å². The van der Waals surface area contributed by atoms with Crippen LogP contribution in [0, 0.1) is 0 Å². The van der Waals surface area contributed by atoms with E-state index in [0.29, 0.717) is 5.56 Å². The Bertz CT molecular complexity index is 993. The minimum atomic E-state index is -3.93. The van der Waals surface area contributed by atoms with Crippen molar-refractivity contribution >= 4 is 15.7 Å². The topological polar surface area (TPSA) is 110 Å². The van der Waals surface area contributed by atoms with Crippen LogP contribution in [0.4, 0.5) is 5.69 Å². The molecule has 0 saturated heterocycles. The summed E-state index contributed by atoms with van der Waals surface area (Å²) in [5.41, 5.74) is 0.840. The standard InChI is InChI=1S/C14H13N5O3S/c1-19-8-13(17-9-19)23(21,22)18-12-6-11(7-16-14(12)20)10-2-4-15-5-3-10/h2-9,18H,1H3,(H,16,20). The van der Waals surface area contributed by atoms with E-state index in [1.807, 2.05) is 0 Å². The van der Waals surface area contributed by atoms with E-state index in [2.05, 4.69) is 19.7 Å². The Labute approximate surface area is 131 Å². The van der Waals surface area contributed by atoms with Gasteiger partial charge in [-0.15, -0.1) is 0 Å². The molecule has 0 saturated carbocycles. The zero-order valence-electron chi connectivity index (χ0n) is 12.1. The number of aromatic nitrogens is 4. The number of nitrogens with one attached hydrogen (secondary N) is 2. The SMILES string of the molecule is Cn1cnc(S(=O)(=O)Nc2cc(-c3ccncc3)c[nH]c2=O)c1. The molecule has 0 aliphatic carbocycles. The maximum absolute atomic E-state index is 12.3. The first-order valence-electron chi connectivity index (χ1n) is 6.59. The van der Waals surface area contributed by atoms with Gasteiger partial charge in [-0.05, 0) is 23.8 Å². The fraction of sp³-hybridized carbons (Fsp3) is 0.0714. The minimum absolute atomic E-state index is 0.0787. The van der Waals surface area contributed by atoms with Gasteiger partial charge < -0.3 is 9.55 Å². The molecule has 0 unspecified atom stereocenters. The van der Waals surface area contributed by atoms with Crippen molar-refractivity contribution in [3.8, 4) is 11.1 Å². The predicted molar refractivity (Wildman–Crippen MR) is 84.3 cm³/mol. The number of nitrogens with zero attached hydrogens (tertiary/aromatic N) is 3. The lowest BCUT2D eigenvalue weighted by Gasteiger charge is -2.07. The van der Waals surface area contributed by atoms with E-state index in [-0.39, 0.29) is 10.7 Å². The molecule has 0 bridgehead atoms. The van der Waals surface area contributed by atoms with Gasteiger partial charge in [-0.3, -0.25) is 14.5 Å². The number of imidazole rings is 1. The molecular weight excluding hydrogens is 318 g/mol. The number of aryl methyl sites for hydroxylation is 1. The van der Waals surface area contributed by atoms with Gasteiger partial charge in [0.15, 0.2) is 5.03 Å². The van der Waals surface area contributed by atoms with Gasteiger partial charge in [-0.1, -0.05) is 0 Å². The summed E-state index contributed by atoms with van der Waals surface area (Å²) >= 11 is 0. The van der Waals surface area contributed by atoms with Crippen LogP contribution in [0.5, 0.6) is 0 Å². The molecule has 0 spiro atoms. The van der Waals surface area contributed by atoms with Crippen molar-refractivity contribution in [2.45, 2.75) is 5.03 Å². The molecule has 3 aromatic heterocycles. The largest absolute Gasteiger partial charge is 0.339 e. The zero-order valence-corrected chi connectivity index (χ0v) is 12.9. The molecule has 3 rings (SSSR count). The maximum atomic E-state index is 12.3. The lowest BCUT2D eigenvalue weighted by atomic mass is 10.1. The molecule has 118 valence electrons. The van der Waals surface area contributed by atoms with Crippen molar-refractivity contribution in [3.05, 3.63) is 59.7 Å². The second kappa shape index (κ2) is 5.69. The molecule has 0 aliphatic heterocycles. The van der Waals surface area contributed by atoms with Crippen LogP contribution in [0.25, 0.3) is 11.1 Å². The van der Waals surface area contributed by atoms with E-state index in [0.717, 1.165) is 5.56 Å². The lowest BCUT2D eigenvalue weighted by molar-refractivity contribution is 0.598. The number of pyridine rings is 2. The average molecular weight is 331 g/mol. The van der Waals surface area contributed by atoms with Gasteiger partial charge in [-0.25, -0.2) is 4.98 Å². The Morgan fingerprint density at radius 2 is 1.96 bits per heavy atom. The highest BCUT2D eigenvalue weighted by atomic mass is 32.2. The lowest BCUT2D eigenvalue weighted by Crippen LogP contribution is -2.20. The first-order valence-corrected chi connectivity index (χ1v) is 8.08. The van der Waals surface area contributed by atoms with Crippen LogP contribution >= 0.6 is 0 Å². The maximum Gasteiger partial charge on any atom is 0.281 e. The van der Waals surface area contributed by atoms with E-state index < -0.39 is 15.6 Å². The first-order chi connectivity index (χ1) is 11.0. The number of sulfonamides is 1. The molecule has 0 atom stereocenters. The van der Waals surface area contributed by atoms with Crippen molar-refractivity contribution in [2.75, 3.05) is 4.72 Å². The van der Waals surface area contributed by atoms with Crippen LogP contribution in [0.3, 0.4) is 0 Å². The highest BCUT2D eigenvalue weighted by Gasteiger charge is 2.19. The second-order valence-electron chi connectivity index (χ2n) is 4.85. The Morgan fingerprint density at radius 3 is 2.61 bits per heavy atom. The third kappa shape index (κ3) is 3.14. The first kappa shape index (κ1) is 15.0. The molecule has 23 heavy (non-hydrogen) atoms. The predicted octanol–water partition coefficient (Wildman–Crippen LogP) is 0.971. The van der Waals surface area contributed by atoms with Gasteiger partial charge in [0.25, 0.3) is 15.6 Å². The van der Waals surface area contributed by atoms with Gasteiger partial charge in [0, 0.05) is 37.4 Å². The number of hydrogen-bond acceptors (Lipinski definition) is 5. The van der Waals surface area contributed by atoms with Crippen molar-refractivity contribution in [1.29, 1.82) is 0 Å². The number of aromatic amines is 1. The normalized spacial score (nSPS) is 11.3. The van der Waals surface area contributed by atoms with Gasteiger partial charge in [-0.2, -0.15) is 8.42 Å². The monoisotopic (exact) mass is 331 g/mol. The van der Waals surface area contributed by atoms with Crippen molar-refractivity contribution in [3.63, 3.8) is 0 Å². The van der Waals surface area contributed by atoms with Crippen molar-refractivity contribution in [1.82, 2.24) is 19.5 Å². The van der Waals surface area contributed by atoms with E-state index in [4.69, 9.17) is 0 Å². The van der Waals surface area contributed by atoms with E-state index in [1.54, 1.807) is 31.6 Å². The van der Waals surface area contributed by atoms with Crippen LogP contribution < -0.4 is 10.3 Å². The molecule has 0 amide bonds. The minimum Gasteiger partial charge on any atom is -0.339 e. The van der Waals surface area contributed by atoms with Gasteiger partial charge in [0.2, 0.25) is 0 Å². The summed E-state index contributed by atoms with van der Waals surface area (Å²) in [6.07, 6.45) is 7.45. The smallest absolute Gasteiger partial charge is 0.281 e. The summed E-state index contributed by atoms with van der Waals surface area (Å²) < 4.78 is 28.3. The Hall–Kier alpha value is -2.94. The molecule has 0 radical (unpaired) electrons. The summed E-state index contributed by atoms with van der Waals surface area (Å²) in [6.45, 7) is 0. The molecular formula is C14H13N5O3S. The fourth-order valence-corrected chi connectivity index (χ4v) is 3.03. The van der Waals surface area contributed by atoms with Gasteiger partial charge in [0.05, 0.1) is 6.33 Å². The third-order valence-corrected chi connectivity index (χ3v) is 4.37. The zero-order chi connectivity index (χ0) is 16.4. The molecule has 0 fully saturated rings. The molecule has 0 aliphatic rings. The third-order valence-electron chi connectivity index (χ3n) is 3.12. The summed E-state index contributed by atoms with van der Waals surface area (Å²) in [5, 5.41) is -0.159. The Balaban J connectivity index is 1.99. The van der Waals surface area contributed by atoms with Crippen molar-refractivity contribution < 1.29 is 8.42 Å². The van der Waals surface area contributed by atoms with Crippen LogP contribution in [-0.4, -0.2) is 27.9 Å². The molecule has 8 nitrogen and oxygen atoms in total. The van der Waals surface area contributed by atoms with E-state index in [1.165, 1.54) is 29.4 Å². The van der Waals surface area contributed by atoms with Crippen molar-refractivity contribution in [2.24, 2.45) is 7.05 Å². The summed E-state index contributed by atoms with van der Waals surface area (Å²) in [4.78, 5) is 22.1. The summed E-state index contributed by atoms with van der Waals surface area (Å²) in [6, 6.07) is 4.98. The highest BCUT2D eigenvalue weighted by molar-refractivity contribution is 7.92. The molecule has 3 heterocycles. The number of anilines is 1. The number of hydrogen-bond donors (Lipinski definition) is 2. The van der Waals surface area contributed by atoms with Crippen LogP contribution in [0.1, 0.15) is 0 Å². The van der Waals surface area contributed by atoms with E-state index >= 15 is 0 Å². The Morgan fingerprint density at radius 1 is 1.22 bits per heavy atom. The van der Waals surface area contributed by atoms with Crippen LogP contribution in [0.2, 0.25) is 0 Å². The quantitative estimate of drug-likeness (QED) is 0.740. The number of rotatable bonds is 4. The average Bonchev–Trinajstić information content (AvgIpc) is 2.98. The molecule has 0 aromatic carbocycles. The highest BCUT2D eigenvalue weighted by Crippen LogP contribution is 2.20. The van der Waals surface area contributed by atoms with Gasteiger partial charge >= 0.3 is 0 Å². The summed E-state index contributed by atoms with van der Waals surface area (Å²) in [7, 11) is -2.27. The second-order valence-corrected chi connectivity index (χ2v) is 6.48.